The Kier molecular flexibility index (Phi) is 5.15. The molecule has 98 valence electrons. The van der Waals surface area contributed by atoms with Crippen molar-refractivity contribution in [3.63, 3.8) is 0 Å². The number of benzene rings is 1. The van der Waals surface area contributed by atoms with E-state index in [0.717, 1.165) is 0 Å². The second kappa shape index (κ2) is 6.39. The van der Waals surface area contributed by atoms with E-state index in [2.05, 4.69) is 20.7 Å². The first-order valence-electron chi connectivity index (χ1n) is 5.40. The number of hydrogen-bond donors (Lipinski definition) is 1. The number of carbonyl (C=O) groups excluding carboxylic acids is 2. The fourth-order valence-electron chi connectivity index (χ4n) is 1.42. The number of nitrogens with zero attached hydrogens (tertiary/aromatic N) is 1. The third kappa shape index (κ3) is 3.46. The Balaban J connectivity index is 2.96. The number of halogens is 1. The summed E-state index contributed by atoms with van der Waals surface area (Å²) in [5, 5.41) is 0. The first-order valence-corrected chi connectivity index (χ1v) is 6.20. The van der Waals surface area contributed by atoms with Crippen molar-refractivity contribution in [2.75, 3.05) is 25.9 Å². The lowest BCUT2D eigenvalue weighted by Crippen LogP contribution is -2.36. The van der Waals surface area contributed by atoms with Gasteiger partial charge in [0.15, 0.2) is 0 Å². The van der Waals surface area contributed by atoms with Crippen molar-refractivity contribution in [1.82, 2.24) is 4.90 Å². The lowest BCUT2D eigenvalue weighted by molar-refractivity contribution is -0.141. The van der Waals surface area contributed by atoms with Gasteiger partial charge in [-0.3, -0.25) is 9.59 Å². The SMILES string of the molecule is CCN(CC(=O)OC)C(=O)c1cc(N)ccc1Br. The maximum absolute atomic E-state index is 12.2. The van der Waals surface area contributed by atoms with Crippen molar-refractivity contribution in [3.8, 4) is 0 Å². The quantitative estimate of drug-likeness (QED) is 0.677. The molecule has 1 rings (SSSR count). The summed E-state index contributed by atoms with van der Waals surface area (Å²) in [5.74, 6) is -0.715. The van der Waals surface area contributed by atoms with Gasteiger partial charge in [-0.1, -0.05) is 0 Å². The average molecular weight is 315 g/mol. The van der Waals surface area contributed by atoms with Gasteiger partial charge in [-0.25, -0.2) is 0 Å². The minimum absolute atomic E-state index is 0.0763. The van der Waals surface area contributed by atoms with E-state index in [1.54, 1.807) is 25.1 Å². The summed E-state index contributed by atoms with van der Waals surface area (Å²) in [5.41, 5.74) is 6.58. The Labute approximate surface area is 114 Å². The van der Waals surface area contributed by atoms with Crippen LogP contribution in [-0.2, 0) is 9.53 Å². The van der Waals surface area contributed by atoms with Crippen molar-refractivity contribution >= 4 is 33.5 Å². The number of anilines is 1. The summed E-state index contributed by atoms with van der Waals surface area (Å²) in [7, 11) is 1.29. The molecule has 0 aliphatic rings. The van der Waals surface area contributed by atoms with Crippen molar-refractivity contribution in [1.29, 1.82) is 0 Å². The van der Waals surface area contributed by atoms with Crippen LogP contribution < -0.4 is 5.73 Å². The standard InChI is InChI=1S/C12H15BrN2O3/c1-3-15(7-11(16)18-2)12(17)9-6-8(14)4-5-10(9)13/h4-6H,3,7,14H2,1-2H3. The molecule has 18 heavy (non-hydrogen) atoms. The van der Waals surface area contributed by atoms with Gasteiger partial charge in [-0.05, 0) is 41.1 Å². The van der Waals surface area contributed by atoms with Crippen LogP contribution in [0.3, 0.4) is 0 Å². The van der Waals surface area contributed by atoms with Crippen LogP contribution in [0.4, 0.5) is 5.69 Å². The molecule has 0 aliphatic heterocycles. The molecule has 0 saturated carbocycles. The normalized spacial score (nSPS) is 9.94. The average Bonchev–Trinajstić information content (AvgIpc) is 2.37. The summed E-state index contributed by atoms with van der Waals surface area (Å²) in [6.07, 6.45) is 0. The zero-order valence-electron chi connectivity index (χ0n) is 10.3. The molecule has 0 spiro atoms. The maximum atomic E-state index is 12.2. The topological polar surface area (TPSA) is 72.6 Å². The molecule has 0 atom stereocenters. The Morgan fingerprint density at radius 2 is 2.11 bits per heavy atom. The first-order chi connectivity index (χ1) is 8.49. The third-order valence-electron chi connectivity index (χ3n) is 2.44. The van der Waals surface area contributed by atoms with Crippen molar-refractivity contribution in [3.05, 3.63) is 28.2 Å². The van der Waals surface area contributed by atoms with Crippen LogP contribution in [0.1, 0.15) is 17.3 Å². The van der Waals surface area contributed by atoms with Gasteiger partial charge in [0.2, 0.25) is 0 Å². The van der Waals surface area contributed by atoms with E-state index >= 15 is 0 Å². The van der Waals surface area contributed by atoms with Gasteiger partial charge in [0, 0.05) is 16.7 Å². The van der Waals surface area contributed by atoms with Crippen LogP contribution in [0.15, 0.2) is 22.7 Å². The Morgan fingerprint density at radius 3 is 2.67 bits per heavy atom. The predicted octanol–water partition coefficient (Wildman–Crippen LogP) is 1.67. The van der Waals surface area contributed by atoms with E-state index in [1.165, 1.54) is 12.0 Å². The van der Waals surface area contributed by atoms with Crippen LogP contribution in [0.5, 0.6) is 0 Å². The predicted molar refractivity (Wildman–Crippen MR) is 72.1 cm³/mol. The number of nitrogens with two attached hydrogens (primary N) is 1. The van der Waals surface area contributed by atoms with Gasteiger partial charge in [-0.2, -0.15) is 0 Å². The molecule has 0 bridgehead atoms. The van der Waals surface area contributed by atoms with Gasteiger partial charge < -0.3 is 15.4 Å². The van der Waals surface area contributed by atoms with Crippen molar-refractivity contribution < 1.29 is 14.3 Å². The van der Waals surface area contributed by atoms with E-state index in [1.807, 2.05) is 0 Å². The molecule has 2 N–H and O–H groups in total. The summed E-state index contributed by atoms with van der Waals surface area (Å²) in [6.45, 7) is 2.13. The molecule has 0 radical (unpaired) electrons. The highest BCUT2D eigenvalue weighted by atomic mass is 79.9. The van der Waals surface area contributed by atoms with Crippen LogP contribution in [0, 0.1) is 0 Å². The van der Waals surface area contributed by atoms with Crippen LogP contribution in [0.2, 0.25) is 0 Å². The van der Waals surface area contributed by atoms with Gasteiger partial charge in [0.05, 0.1) is 12.7 Å². The molecule has 1 aromatic carbocycles. The van der Waals surface area contributed by atoms with Crippen molar-refractivity contribution in [2.24, 2.45) is 0 Å². The molecule has 5 nitrogen and oxygen atoms in total. The zero-order valence-corrected chi connectivity index (χ0v) is 11.9. The molecule has 6 heteroatoms. The number of esters is 1. The molecule has 1 amide bonds. The number of methoxy groups -OCH3 is 1. The number of amides is 1. The second-order valence-corrected chi connectivity index (χ2v) is 4.49. The third-order valence-corrected chi connectivity index (χ3v) is 3.13. The lowest BCUT2D eigenvalue weighted by Gasteiger charge is -2.20. The van der Waals surface area contributed by atoms with Gasteiger partial charge in [0.25, 0.3) is 5.91 Å². The number of carbonyl (C=O) groups is 2. The fraction of sp³-hybridized carbons (Fsp3) is 0.333. The molecular weight excluding hydrogens is 300 g/mol. The van der Waals surface area contributed by atoms with Crippen LogP contribution >= 0.6 is 15.9 Å². The largest absolute Gasteiger partial charge is 0.468 e. The van der Waals surface area contributed by atoms with Gasteiger partial charge in [-0.15, -0.1) is 0 Å². The summed E-state index contributed by atoms with van der Waals surface area (Å²) >= 11 is 3.29. The lowest BCUT2D eigenvalue weighted by atomic mass is 10.1. The molecule has 0 aromatic heterocycles. The molecule has 0 fully saturated rings. The van der Waals surface area contributed by atoms with E-state index in [4.69, 9.17) is 5.73 Å². The highest BCUT2D eigenvalue weighted by Gasteiger charge is 2.19. The summed E-state index contributed by atoms with van der Waals surface area (Å²) in [4.78, 5) is 24.8. The van der Waals surface area contributed by atoms with Crippen LogP contribution in [-0.4, -0.2) is 37.0 Å². The van der Waals surface area contributed by atoms with Crippen LogP contribution in [0.25, 0.3) is 0 Å². The molecular formula is C12H15BrN2O3. The smallest absolute Gasteiger partial charge is 0.325 e. The maximum Gasteiger partial charge on any atom is 0.325 e. The minimum Gasteiger partial charge on any atom is -0.468 e. The molecule has 0 saturated heterocycles. The monoisotopic (exact) mass is 314 g/mol. The number of nitrogen functional groups attached to an aromatic ring is 1. The van der Waals surface area contributed by atoms with E-state index in [-0.39, 0.29) is 12.5 Å². The number of rotatable bonds is 4. The first kappa shape index (κ1) is 14.5. The summed E-state index contributed by atoms with van der Waals surface area (Å²) in [6, 6.07) is 4.97. The Bertz CT molecular complexity index is 463. The molecule has 0 unspecified atom stereocenters. The number of hydrogen-bond acceptors (Lipinski definition) is 4. The Hall–Kier alpha value is -1.56. The molecule has 0 heterocycles. The van der Waals surface area contributed by atoms with Crippen molar-refractivity contribution in [2.45, 2.75) is 6.92 Å². The summed E-state index contributed by atoms with van der Waals surface area (Å²) < 4.78 is 5.20. The van der Waals surface area contributed by atoms with E-state index < -0.39 is 5.97 Å². The van der Waals surface area contributed by atoms with Gasteiger partial charge in [0.1, 0.15) is 6.54 Å². The number of likely N-dealkylation sites (N-methyl/N-ethyl adjacent to an activating group) is 1. The van der Waals surface area contributed by atoms with Gasteiger partial charge >= 0.3 is 5.97 Å². The fourth-order valence-corrected chi connectivity index (χ4v) is 1.84. The highest BCUT2D eigenvalue weighted by Crippen LogP contribution is 2.21. The van der Waals surface area contributed by atoms with E-state index in [9.17, 15) is 9.59 Å². The number of ether oxygens (including phenoxy) is 1. The molecule has 0 aliphatic carbocycles. The Morgan fingerprint density at radius 1 is 1.44 bits per heavy atom. The highest BCUT2D eigenvalue weighted by molar-refractivity contribution is 9.10. The second-order valence-electron chi connectivity index (χ2n) is 3.63. The zero-order chi connectivity index (χ0) is 13.7. The minimum atomic E-state index is -0.453. The van der Waals surface area contributed by atoms with E-state index in [0.29, 0.717) is 22.3 Å². The molecule has 1 aromatic rings.